The van der Waals surface area contributed by atoms with Crippen LogP contribution in [-0.2, 0) is 9.68 Å². The molecule has 0 fully saturated rings. The molecule has 1 aromatic rings. The molecule has 0 saturated carbocycles. The summed E-state index contributed by atoms with van der Waals surface area (Å²) in [6, 6.07) is 6.46. The fraction of sp³-hybridized carbons (Fsp3) is 0.167. The number of rotatable bonds is 3. The van der Waals surface area contributed by atoms with Crippen LogP contribution in [-0.4, -0.2) is 27.8 Å². The van der Waals surface area contributed by atoms with Gasteiger partial charge in [0.1, 0.15) is 0 Å². The highest BCUT2D eigenvalue weighted by Crippen LogP contribution is 2.33. The van der Waals surface area contributed by atoms with E-state index in [1.807, 2.05) is 12.1 Å². The number of nitrogens with zero attached hydrogens (tertiary/aromatic N) is 1. The van der Waals surface area contributed by atoms with Gasteiger partial charge in [-0.2, -0.15) is 5.26 Å². The van der Waals surface area contributed by atoms with Crippen LogP contribution in [0, 0.1) is 0 Å². The lowest BCUT2D eigenvalue weighted by Gasteiger charge is -2.36. The Morgan fingerprint density at radius 2 is 2.33 bits per heavy atom. The van der Waals surface area contributed by atoms with Crippen LogP contribution in [0.25, 0.3) is 0 Å². The molecule has 0 bridgehead atoms. The van der Waals surface area contributed by atoms with Gasteiger partial charge < -0.3 is 10.2 Å². The molecule has 1 aromatic carbocycles. The summed E-state index contributed by atoms with van der Waals surface area (Å²) in [5, 5.41) is 12.0. The van der Waals surface area contributed by atoms with E-state index in [0.717, 1.165) is 5.69 Å². The average Bonchev–Trinajstić information content (AvgIpc) is 2.39. The summed E-state index contributed by atoms with van der Waals surface area (Å²) in [6.45, 7) is 4.00. The number of thiocarbonyl (C=S) groups is 1. The van der Waals surface area contributed by atoms with Gasteiger partial charge in [0, 0.05) is 17.8 Å². The number of carbonyl (C=O) groups excluding carboxylic acids is 1. The van der Waals surface area contributed by atoms with Gasteiger partial charge in [-0.1, -0.05) is 24.3 Å². The van der Waals surface area contributed by atoms with E-state index in [-0.39, 0.29) is 0 Å². The zero-order chi connectivity index (χ0) is 13.1. The first-order chi connectivity index (χ1) is 8.69. The molecular formula is C12H12N2O3S. The van der Waals surface area contributed by atoms with Crippen molar-refractivity contribution in [1.82, 2.24) is 4.90 Å². The lowest BCUT2D eigenvalue weighted by molar-refractivity contribution is -0.238. The quantitative estimate of drug-likeness (QED) is 0.376. The summed E-state index contributed by atoms with van der Waals surface area (Å²) in [5.41, 5.74) is 1.44. The second kappa shape index (κ2) is 5.16. The number of benzene rings is 1. The first-order valence-corrected chi connectivity index (χ1v) is 5.72. The highest BCUT2D eigenvalue weighted by atomic mass is 32.1. The van der Waals surface area contributed by atoms with Crippen LogP contribution in [0.15, 0.2) is 36.9 Å². The van der Waals surface area contributed by atoms with Gasteiger partial charge in [0.15, 0.2) is 11.2 Å². The topological polar surface area (TPSA) is 61.8 Å². The predicted octanol–water partition coefficient (Wildman–Crippen LogP) is 1.94. The Kier molecular flexibility index (Phi) is 3.59. The molecular weight excluding hydrogens is 252 g/mol. The molecule has 2 rings (SSSR count). The first-order valence-electron chi connectivity index (χ1n) is 5.31. The second-order valence-corrected chi connectivity index (χ2v) is 4.16. The van der Waals surface area contributed by atoms with E-state index >= 15 is 0 Å². The van der Waals surface area contributed by atoms with E-state index in [1.165, 1.54) is 0 Å². The predicted molar refractivity (Wildman–Crippen MR) is 71.0 cm³/mol. The third kappa shape index (κ3) is 2.07. The maximum Gasteiger partial charge on any atom is 0.368 e. The minimum atomic E-state index is -0.770. The Hall–Kier alpha value is -1.92. The number of nitrogens with one attached hydrogen (secondary N) is 1. The van der Waals surface area contributed by atoms with Gasteiger partial charge in [-0.3, -0.25) is 4.89 Å². The first kappa shape index (κ1) is 12.5. The van der Waals surface area contributed by atoms with Crippen molar-refractivity contribution in [1.29, 1.82) is 0 Å². The summed E-state index contributed by atoms with van der Waals surface area (Å²) in [6.07, 6.45) is 1.62. The van der Waals surface area contributed by atoms with Gasteiger partial charge in [0.25, 0.3) is 0 Å². The lowest BCUT2D eigenvalue weighted by Crippen LogP contribution is -2.45. The van der Waals surface area contributed by atoms with E-state index < -0.39 is 12.0 Å². The summed E-state index contributed by atoms with van der Waals surface area (Å²) in [7, 11) is 0. The van der Waals surface area contributed by atoms with Crippen molar-refractivity contribution >= 4 is 29.0 Å². The molecule has 0 amide bonds. The minimum absolute atomic E-state index is 0.375. The van der Waals surface area contributed by atoms with Crippen LogP contribution in [0.5, 0.6) is 0 Å². The monoisotopic (exact) mass is 264 g/mol. The summed E-state index contributed by atoms with van der Waals surface area (Å²) >= 11 is 5.19. The fourth-order valence-corrected chi connectivity index (χ4v) is 2.24. The molecule has 94 valence electrons. The number of fused-ring (bicyclic) bond motifs is 1. The number of para-hydroxylation sites is 1. The SMILES string of the molecule is C=CCN1C(=S)Nc2ccccc2C1C(=O)OO. The molecule has 0 radical (unpaired) electrons. The van der Waals surface area contributed by atoms with Gasteiger partial charge in [-0.15, -0.1) is 6.58 Å². The summed E-state index contributed by atoms with van der Waals surface area (Å²) in [4.78, 5) is 17.2. The highest BCUT2D eigenvalue weighted by Gasteiger charge is 2.36. The fourth-order valence-electron chi connectivity index (χ4n) is 1.95. The Bertz CT molecular complexity index is 504. The molecule has 1 aliphatic heterocycles. The van der Waals surface area contributed by atoms with Crippen molar-refractivity contribution in [3.05, 3.63) is 42.5 Å². The Morgan fingerprint density at radius 1 is 1.61 bits per heavy atom. The maximum absolute atomic E-state index is 11.7. The van der Waals surface area contributed by atoms with Gasteiger partial charge in [0.2, 0.25) is 0 Å². The zero-order valence-electron chi connectivity index (χ0n) is 9.50. The average molecular weight is 264 g/mol. The number of carbonyl (C=O) groups is 1. The normalized spacial score (nSPS) is 17.7. The van der Waals surface area contributed by atoms with E-state index in [2.05, 4.69) is 16.8 Å². The smallest absolute Gasteiger partial charge is 0.332 e. The lowest BCUT2D eigenvalue weighted by atomic mass is 10.0. The zero-order valence-corrected chi connectivity index (χ0v) is 10.3. The standard InChI is InChI=1S/C12H12N2O3S/c1-2-7-14-10(11(15)17-16)8-5-3-4-6-9(8)13-12(14)18/h2-6,10,16H,1,7H2,(H,13,18). The van der Waals surface area contributed by atoms with Crippen LogP contribution >= 0.6 is 12.2 Å². The molecule has 5 nitrogen and oxygen atoms in total. The molecule has 0 saturated heterocycles. The minimum Gasteiger partial charge on any atom is -0.332 e. The molecule has 6 heteroatoms. The highest BCUT2D eigenvalue weighted by molar-refractivity contribution is 7.80. The molecule has 1 heterocycles. The molecule has 1 unspecified atom stereocenters. The molecule has 0 aromatic heterocycles. The number of hydrogen-bond acceptors (Lipinski definition) is 4. The van der Waals surface area contributed by atoms with Crippen LogP contribution in [0.1, 0.15) is 11.6 Å². The summed E-state index contributed by atoms with van der Waals surface area (Å²) in [5.74, 6) is -0.770. The van der Waals surface area contributed by atoms with Crippen molar-refractivity contribution in [2.45, 2.75) is 6.04 Å². The van der Waals surface area contributed by atoms with Crippen molar-refractivity contribution in [3.63, 3.8) is 0 Å². The van der Waals surface area contributed by atoms with Crippen LogP contribution in [0.4, 0.5) is 5.69 Å². The van der Waals surface area contributed by atoms with E-state index in [4.69, 9.17) is 17.5 Å². The summed E-state index contributed by atoms with van der Waals surface area (Å²) < 4.78 is 0. The van der Waals surface area contributed by atoms with Crippen molar-refractivity contribution in [2.24, 2.45) is 0 Å². The second-order valence-electron chi connectivity index (χ2n) is 3.77. The molecule has 18 heavy (non-hydrogen) atoms. The van der Waals surface area contributed by atoms with Crippen LogP contribution in [0.2, 0.25) is 0 Å². The molecule has 0 aliphatic carbocycles. The van der Waals surface area contributed by atoms with Crippen molar-refractivity contribution in [3.8, 4) is 0 Å². The Labute approximate surface area is 110 Å². The Morgan fingerprint density at radius 3 is 3.00 bits per heavy atom. The van der Waals surface area contributed by atoms with Crippen LogP contribution < -0.4 is 5.32 Å². The van der Waals surface area contributed by atoms with Crippen molar-refractivity contribution in [2.75, 3.05) is 11.9 Å². The number of anilines is 1. The third-order valence-corrected chi connectivity index (χ3v) is 3.05. The van der Waals surface area contributed by atoms with Gasteiger partial charge in [-0.25, -0.2) is 4.79 Å². The van der Waals surface area contributed by atoms with E-state index in [1.54, 1.807) is 23.1 Å². The molecule has 2 N–H and O–H groups in total. The van der Waals surface area contributed by atoms with Gasteiger partial charge in [-0.05, 0) is 18.3 Å². The van der Waals surface area contributed by atoms with Gasteiger partial charge in [0.05, 0.1) is 0 Å². The van der Waals surface area contributed by atoms with Gasteiger partial charge >= 0.3 is 5.97 Å². The van der Waals surface area contributed by atoms with E-state index in [9.17, 15) is 4.79 Å². The largest absolute Gasteiger partial charge is 0.368 e. The molecule has 0 spiro atoms. The molecule has 1 aliphatic rings. The number of hydrogen-bond donors (Lipinski definition) is 2. The Balaban J connectivity index is 2.49. The van der Waals surface area contributed by atoms with Crippen molar-refractivity contribution < 1.29 is 14.9 Å². The van der Waals surface area contributed by atoms with Crippen LogP contribution in [0.3, 0.4) is 0 Å². The third-order valence-electron chi connectivity index (χ3n) is 2.71. The van der Waals surface area contributed by atoms with E-state index in [0.29, 0.717) is 17.2 Å². The molecule has 1 atom stereocenters. The maximum atomic E-state index is 11.7.